The number of amides is 1. The Kier molecular flexibility index (Phi) is 6.81. The zero-order chi connectivity index (χ0) is 17.5. The number of hydrogen-bond acceptors (Lipinski definition) is 5. The summed E-state index contributed by atoms with van der Waals surface area (Å²) in [5.41, 5.74) is 0.915. The Morgan fingerprint density at radius 1 is 1.29 bits per heavy atom. The number of unbranched alkanes of at least 4 members (excludes halogenated alkanes) is 2. The zero-order valence-corrected chi connectivity index (χ0v) is 15.0. The normalized spacial score (nSPS) is 16.0. The van der Waals surface area contributed by atoms with E-state index in [9.17, 15) is 9.59 Å². The number of ether oxygens (including phenoxy) is 1. The molecule has 1 fully saturated rings. The summed E-state index contributed by atoms with van der Waals surface area (Å²) in [6.45, 7) is 0.532. The van der Waals surface area contributed by atoms with Crippen LogP contribution in [-0.4, -0.2) is 39.9 Å². The fourth-order valence-corrected chi connectivity index (χ4v) is 3.58. The molecule has 0 aliphatic carbocycles. The average Bonchev–Trinajstić information content (AvgIpc) is 2.82. The van der Waals surface area contributed by atoms with E-state index in [1.54, 1.807) is 12.0 Å². The van der Waals surface area contributed by atoms with E-state index in [1.165, 1.54) is 11.8 Å². The van der Waals surface area contributed by atoms with Crippen LogP contribution in [0.3, 0.4) is 0 Å². The Morgan fingerprint density at radius 3 is 2.62 bits per heavy atom. The first-order chi connectivity index (χ1) is 11.5. The van der Waals surface area contributed by atoms with Crippen molar-refractivity contribution in [3.05, 3.63) is 34.7 Å². The van der Waals surface area contributed by atoms with Crippen LogP contribution in [0.15, 0.2) is 29.2 Å². The van der Waals surface area contributed by atoms with Crippen molar-refractivity contribution in [2.45, 2.75) is 25.7 Å². The second-order valence-electron chi connectivity index (χ2n) is 5.31. The van der Waals surface area contributed by atoms with Gasteiger partial charge < -0.3 is 9.84 Å². The smallest absolute Gasteiger partial charge is 0.303 e. The molecule has 0 saturated carbocycles. The number of nitrogens with zero attached hydrogens (tertiary/aromatic N) is 1. The van der Waals surface area contributed by atoms with Crippen LogP contribution in [0.4, 0.5) is 0 Å². The van der Waals surface area contributed by atoms with Gasteiger partial charge in [-0.3, -0.25) is 14.5 Å². The van der Waals surface area contributed by atoms with Gasteiger partial charge in [-0.25, -0.2) is 0 Å². The van der Waals surface area contributed by atoms with E-state index in [2.05, 4.69) is 0 Å². The molecule has 0 atom stereocenters. The number of carbonyl (C=O) groups is 2. The number of carboxylic acids is 1. The van der Waals surface area contributed by atoms with Crippen molar-refractivity contribution in [2.24, 2.45) is 0 Å². The number of carboxylic acid groups (broad SMARTS) is 1. The molecule has 0 bridgehead atoms. The number of thiocarbonyl (C=S) groups is 1. The van der Waals surface area contributed by atoms with E-state index in [0.717, 1.165) is 24.2 Å². The monoisotopic (exact) mass is 365 g/mol. The van der Waals surface area contributed by atoms with Crippen LogP contribution in [0.5, 0.6) is 5.75 Å². The number of rotatable bonds is 8. The van der Waals surface area contributed by atoms with Gasteiger partial charge in [-0.2, -0.15) is 0 Å². The minimum Gasteiger partial charge on any atom is -0.497 e. The summed E-state index contributed by atoms with van der Waals surface area (Å²) in [6, 6.07) is 7.46. The third-order valence-corrected chi connectivity index (χ3v) is 4.94. The molecular weight excluding hydrogens is 346 g/mol. The highest BCUT2D eigenvalue weighted by Crippen LogP contribution is 2.33. The highest BCUT2D eigenvalue weighted by Gasteiger charge is 2.31. The van der Waals surface area contributed by atoms with Gasteiger partial charge in [0.15, 0.2) is 0 Å². The Labute approximate surface area is 150 Å². The number of aliphatic carboxylic acids is 1. The lowest BCUT2D eigenvalue weighted by atomic mass is 10.2. The van der Waals surface area contributed by atoms with Crippen molar-refractivity contribution < 1.29 is 19.4 Å². The van der Waals surface area contributed by atoms with Crippen LogP contribution < -0.4 is 4.74 Å². The topological polar surface area (TPSA) is 66.8 Å². The third-order valence-electron chi connectivity index (χ3n) is 3.56. The highest BCUT2D eigenvalue weighted by atomic mass is 32.2. The molecule has 0 spiro atoms. The molecule has 7 heteroatoms. The highest BCUT2D eigenvalue weighted by molar-refractivity contribution is 8.26. The number of benzene rings is 1. The summed E-state index contributed by atoms with van der Waals surface area (Å²) >= 11 is 6.58. The first kappa shape index (κ1) is 18.5. The minimum atomic E-state index is -0.789. The van der Waals surface area contributed by atoms with E-state index < -0.39 is 5.97 Å². The maximum absolute atomic E-state index is 12.4. The molecule has 5 nitrogen and oxygen atoms in total. The van der Waals surface area contributed by atoms with Gasteiger partial charge in [-0.15, -0.1) is 0 Å². The fraction of sp³-hybridized carbons (Fsp3) is 0.353. The lowest BCUT2D eigenvalue weighted by Crippen LogP contribution is -2.29. The largest absolute Gasteiger partial charge is 0.497 e. The minimum absolute atomic E-state index is 0.0842. The SMILES string of the molecule is COc1ccc(C=C2SC(=S)N(CCCCCC(=O)O)C2=O)cc1. The molecule has 1 saturated heterocycles. The van der Waals surface area contributed by atoms with Crippen LogP contribution >= 0.6 is 24.0 Å². The first-order valence-electron chi connectivity index (χ1n) is 7.62. The molecule has 128 valence electrons. The van der Waals surface area contributed by atoms with Crippen LogP contribution in [-0.2, 0) is 9.59 Å². The van der Waals surface area contributed by atoms with Crippen molar-refractivity contribution in [3.63, 3.8) is 0 Å². The molecule has 24 heavy (non-hydrogen) atoms. The van der Waals surface area contributed by atoms with Crippen LogP contribution in [0, 0.1) is 0 Å². The molecule has 0 unspecified atom stereocenters. The van der Waals surface area contributed by atoms with Gasteiger partial charge in [-0.1, -0.05) is 42.5 Å². The van der Waals surface area contributed by atoms with Gasteiger partial charge in [-0.05, 0) is 36.6 Å². The second-order valence-corrected chi connectivity index (χ2v) is 6.99. The maximum atomic E-state index is 12.4. The standard InChI is InChI=1S/C17H19NO4S2/c1-22-13-8-6-12(7-9-13)11-14-16(21)18(17(23)24-14)10-4-2-3-5-15(19)20/h6-9,11H,2-5,10H2,1H3,(H,19,20). The van der Waals surface area contributed by atoms with Crippen molar-refractivity contribution >= 4 is 46.3 Å². The summed E-state index contributed by atoms with van der Waals surface area (Å²) in [6.07, 6.45) is 4.11. The lowest BCUT2D eigenvalue weighted by Gasteiger charge is -2.13. The molecule has 1 aliphatic heterocycles. The third kappa shape index (κ3) is 5.07. The summed E-state index contributed by atoms with van der Waals surface area (Å²) in [4.78, 5) is 25.1. The average molecular weight is 365 g/mol. The van der Waals surface area contributed by atoms with Gasteiger partial charge in [0.1, 0.15) is 10.1 Å². The van der Waals surface area contributed by atoms with E-state index in [-0.39, 0.29) is 12.3 Å². The quantitative estimate of drug-likeness (QED) is 0.432. The summed E-state index contributed by atoms with van der Waals surface area (Å²) in [5, 5.41) is 8.61. The molecule has 1 aromatic rings. The van der Waals surface area contributed by atoms with Crippen molar-refractivity contribution in [3.8, 4) is 5.75 Å². The Bertz CT molecular complexity index is 655. The predicted molar refractivity (Wildman–Crippen MR) is 99.0 cm³/mol. The zero-order valence-electron chi connectivity index (χ0n) is 13.4. The molecule has 0 aromatic heterocycles. The summed E-state index contributed by atoms with van der Waals surface area (Å²) in [5.74, 6) is -0.108. The molecule has 2 rings (SSSR count). The molecule has 0 radical (unpaired) electrons. The van der Waals surface area contributed by atoms with Crippen molar-refractivity contribution in [2.75, 3.05) is 13.7 Å². The molecule has 1 aliphatic rings. The van der Waals surface area contributed by atoms with Crippen molar-refractivity contribution in [1.82, 2.24) is 4.90 Å². The molecule has 1 amide bonds. The Balaban J connectivity index is 1.92. The van der Waals surface area contributed by atoms with Gasteiger partial charge >= 0.3 is 5.97 Å². The second kappa shape index (κ2) is 8.84. The van der Waals surface area contributed by atoms with Gasteiger partial charge in [0.2, 0.25) is 0 Å². The van der Waals surface area contributed by atoms with E-state index in [0.29, 0.717) is 22.2 Å². The van der Waals surface area contributed by atoms with Gasteiger partial charge in [0, 0.05) is 13.0 Å². The lowest BCUT2D eigenvalue weighted by molar-refractivity contribution is -0.137. The number of hydrogen-bond donors (Lipinski definition) is 1. The molecule has 1 heterocycles. The molecule has 1 aromatic carbocycles. The number of carbonyl (C=O) groups excluding carboxylic acids is 1. The van der Waals surface area contributed by atoms with E-state index >= 15 is 0 Å². The number of thioether (sulfide) groups is 1. The van der Waals surface area contributed by atoms with Crippen LogP contribution in [0.1, 0.15) is 31.2 Å². The number of methoxy groups -OCH3 is 1. The Hall–Kier alpha value is -1.86. The fourth-order valence-electron chi connectivity index (χ4n) is 2.27. The van der Waals surface area contributed by atoms with Crippen LogP contribution in [0.2, 0.25) is 0 Å². The van der Waals surface area contributed by atoms with Gasteiger partial charge in [0.25, 0.3) is 5.91 Å². The molecular formula is C17H19NO4S2. The first-order valence-corrected chi connectivity index (χ1v) is 8.85. The van der Waals surface area contributed by atoms with Gasteiger partial charge in [0.05, 0.1) is 12.0 Å². The predicted octanol–water partition coefficient (Wildman–Crippen LogP) is 3.54. The van der Waals surface area contributed by atoms with Crippen molar-refractivity contribution in [1.29, 1.82) is 0 Å². The van der Waals surface area contributed by atoms with E-state index in [4.69, 9.17) is 22.1 Å². The summed E-state index contributed by atoms with van der Waals surface area (Å²) in [7, 11) is 1.61. The summed E-state index contributed by atoms with van der Waals surface area (Å²) < 4.78 is 5.67. The molecule has 1 N–H and O–H groups in total. The van der Waals surface area contributed by atoms with Crippen LogP contribution in [0.25, 0.3) is 6.08 Å². The Morgan fingerprint density at radius 2 is 2.00 bits per heavy atom. The maximum Gasteiger partial charge on any atom is 0.303 e. The van der Waals surface area contributed by atoms with E-state index in [1.807, 2.05) is 30.3 Å².